The van der Waals surface area contributed by atoms with Crippen LogP contribution in [-0.4, -0.2) is 57.5 Å². The van der Waals surface area contributed by atoms with Crippen LogP contribution in [0.5, 0.6) is 0 Å². The van der Waals surface area contributed by atoms with Crippen molar-refractivity contribution in [2.24, 2.45) is 5.73 Å². The van der Waals surface area contributed by atoms with Crippen LogP contribution in [0.15, 0.2) is 0 Å². The first-order chi connectivity index (χ1) is 8.61. The molecule has 1 aliphatic heterocycles. The van der Waals surface area contributed by atoms with Crippen LogP contribution in [0.1, 0.15) is 32.6 Å². The first kappa shape index (κ1) is 16.2. The first-order valence-electron chi connectivity index (χ1n) is 6.61. The van der Waals surface area contributed by atoms with Gasteiger partial charge in [0.15, 0.2) is 0 Å². The average Bonchev–Trinajstić information content (AvgIpc) is 2.38. The zero-order chi connectivity index (χ0) is 13.5. The van der Waals surface area contributed by atoms with E-state index in [9.17, 15) is 10.2 Å². The summed E-state index contributed by atoms with van der Waals surface area (Å²) in [5, 5.41) is 28.5. The van der Waals surface area contributed by atoms with Crippen LogP contribution >= 0.6 is 11.8 Å². The molecule has 0 radical (unpaired) electrons. The van der Waals surface area contributed by atoms with Crippen LogP contribution in [0, 0.1) is 0 Å². The van der Waals surface area contributed by atoms with Crippen molar-refractivity contribution < 1.29 is 20.1 Å². The molecule has 1 rings (SSSR count). The molecule has 0 bridgehead atoms. The molecule has 1 fully saturated rings. The van der Waals surface area contributed by atoms with E-state index in [-0.39, 0.29) is 12.0 Å². The van der Waals surface area contributed by atoms with E-state index in [1.165, 1.54) is 19.3 Å². The van der Waals surface area contributed by atoms with Crippen molar-refractivity contribution >= 4 is 11.8 Å². The summed E-state index contributed by atoms with van der Waals surface area (Å²) in [6, 6.07) is -0.612. The van der Waals surface area contributed by atoms with Crippen LogP contribution < -0.4 is 5.73 Å². The number of thioether (sulfide) groups is 1. The topological polar surface area (TPSA) is 95.9 Å². The zero-order valence-electron chi connectivity index (χ0n) is 10.9. The minimum Gasteiger partial charge on any atom is -0.394 e. The highest BCUT2D eigenvalue weighted by Gasteiger charge is 2.42. The zero-order valence-corrected chi connectivity index (χ0v) is 11.7. The summed E-state index contributed by atoms with van der Waals surface area (Å²) in [6.45, 7) is 1.86. The number of aliphatic hydroxyl groups excluding tert-OH is 3. The van der Waals surface area contributed by atoms with E-state index < -0.39 is 24.4 Å². The molecule has 108 valence electrons. The first-order valence-corrected chi connectivity index (χ1v) is 7.66. The van der Waals surface area contributed by atoms with Gasteiger partial charge in [0.2, 0.25) is 0 Å². The molecule has 0 spiro atoms. The third-order valence-electron chi connectivity index (χ3n) is 3.21. The Morgan fingerprint density at radius 2 is 1.89 bits per heavy atom. The van der Waals surface area contributed by atoms with Crippen LogP contribution in [0.2, 0.25) is 0 Å². The molecule has 0 aliphatic carbocycles. The number of hydrogen-bond acceptors (Lipinski definition) is 6. The highest BCUT2D eigenvalue weighted by Crippen LogP contribution is 2.28. The quantitative estimate of drug-likeness (QED) is 0.492. The Bertz CT molecular complexity index is 230. The molecule has 0 amide bonds. The van der Waals surface area contributed by atoms with E-state index in [0.29, 0.717) is 0 Å². The number of unbranched alkanes of at least 4 members (excludes halogenated alkanes) is 3. The molecule has 0 aromatic carbocycles. The summed E-state index contributed by atoms with van der Waals surface area (Å²) in [5.74, 6) is 0.916. The van der Waals surface area contributed by atoms with Crippen molar-refractivity contribution in [3.8, 4) is 0 Å². The Morgan fingerprint density at radius 1 is 1.17 bits per heavy atom. The fourth-order valence-electron chi connectivity index (χ4n) is 1.98. The lowest BCUT2D eigenvalue weighted by Crippen LogP contribution is -2.60. The standard InChI is InChI=1S/C12H25NO4S/c1-2-3-4-5-6-18-12-9(13)11(16)10(15)8(7-14)17-12/h8-12,14-16H,2-7,13H2,1H3/t8-,9+,10+,11-,12+/m1/s1. The third kappa shape index (κ3) is 4.36. The summed E-state index contributed by atoms with van der Waals surface area (Å²) in [7, 11) is 0. The summed E-state index contributed by atoms with van der Waals surface area (Å²) in [5.41, 5.74) is 5.47. The Kier molecular flexibility index (Phi) is 7.51. The lowest BCUT2D eigenvalue weighted by molar-refractivity contribution is -0.165. The number of ether oxygens (including phenoxy) is 1. The molecule has 18 heavy (non-hydrogen) atoms. The SMILES string of the molecule is CCCCCCS[C@@H]1O[C@H](CO)[C@H](O)[C@H](O)[C@@H]1N. The summed E-state index contributed by atoms with van der Waals surface area (Å²) < 4.78 is 5.52. The van der Waals surface area contributed by atoms with Gasteiger partial charge in [0.25, 0.3) is 0 Å². The Morgan fingerprint density at radius 3 is 2.50 bits per heavy atom. The summed E-state index contributed by atoms with van der Waals surface area (Å²) in [6.07, 6.45) is 1.80. The van der Waals surface area contributed by atoms with Crippen molar-refractivity contribution in [3.63, 3.8) is 0 Å². The minimum atomic E-state index is -1.11. The molecule has 5 atom stereocenters. The molecule has 1 saturated heterocycles. The minimum absolute atomic E-state index is 0.308. The largest absolute Gasteiger partial charge is 0.394 e. The van der Waals surface area contributed by atoms with Gasteiger partial charge in [-0.15, -0.1) is 11.8 Å². The van der Waals surface area contributed by atoms with Crippen LogP contribution in [0.4, 0.5) is 0 Å². The van der Waals surface area contributed by atoms with Crippen LogP contribution in [0.25, 0.3) is 0 Å². The maximum absolute atomic E-state index is 9.78. The van der Waals surface area contributed by atoms with Gasteiger partial charge in [0.05, 0.1) is 12.6 Å². The van der Waals surface area contributed by atoms with E-state index in [1.54, 1.807) is 11.8 Å². The summed E-state index contributed by atoms with van der Waals surface area (Å²) in [4.78, 5) is 0. The smallest absolute Gasteiger partial charge is 0.121 e. The normalized spacial score (nSPS) is 36.8. The molecule has 1 aliphatic rings. The molecule has 0 aromatic rings. The number of rotatable bonds is 7. The van der Waals surface area contributed by atoms with Gasteiger partial charge in [0.1, 0.15) is 23.7 Å². The van der Waals surface area contributed by atoms with Crippen LogP contribution in [0.3, 0.4) is 0 Å². The van der Waals surface area contributed by atoms with Gasteiger partial charge in [-0.25, -0.2) is 0 Å². The van der Waals surface area contributed by atoms with Gasteiger partial charge in [-0.05, 0) is 12.2 Å². The van der Waals surface area contributed by atoms with Crippen molar-refractivity contribution in [2.75, 3.05) is 12.4 Å². The monoisotopic (exact) mass is 279 g/mol. The van der Waals surface area contributed by atoms with Crippen molar-refractivity contribution in [1.29, 1.82) is 0 Å². The average molecular weight is 279 g/mol. The van der Waals surface area contributed by atoms with E-state index in [0.717, 1.165) is 12.2 Å². The molecule has 1 heterocycles. The van der Waals surface area contributed by atoms with Gasteiger partial charge < -0.3 is 25.8 Å². The second-order valence-electron chi connectivity index (χ2n) is 4.72. The van der Waals surface area contributed by atoms with Gasteiger partial charge >= 0.3 is 0 Å². The molecule has 5 nitrogen and oxygen atoms in total. The van der Waals surface area contributed by atoms with Crippen LogP contribution in [-0.2, 0) is 4.74 Å². The third-order valence-corrected chi connectivity index (χ3v) is 4.49. The predicted octanol–water partition coefficient (Wildman–Crippen LogP) is 0.0662. The van der Waals surface area contributed by atoms with Crippen molar-refractivity contribution in [2.45, 2.75) is 62.4 Å². The number of nitrogens with two attached hydrogens (primary N) is 1. The lowest BCUT2D eigenvalue weighted by Gasteiger charge is -2.40. The van der Waals surface area contributed by atoms with Crippen molar-refractivity contribution in [3.05, 3.63) is 0 Å². The molecule has 0 saturated carbocycles. The highest BCUT2D eigenvalue weighted by atomic mass is 32.2. The van der Waals surface area contributed by atoms with E-state index in [4.69, 9.17) is 15.6 Å². The predicted molar refractivity (Wildman–Crippen MR) is 72.3 cm³/mol. The Balaban J connectivity index is 2.35. The van der Waals surface area contributed by atoms with E-state index in [1.807, 2.05) is 0 Å². The van der Waals surface area contributed by atoms with Gasteiger partial charge in [-0.3, -0.25) is 0 Å². The molecular weight excluding hydrogens is 254 g/mol. The lowest BCUT2D eigenvalue weighted by atomic mass is 9.99. The molecule has 5 N–H and O–H groups in total. The van der Waals surface area contributed by atoms with Gasteiger partial charge in [0, 0.05) is 0 Å². The maximum Gasteiger partial charge on any atom is 0.121 e. The fraction of sp³-hybridized carbons (Fsp3) is 1.00. The van der Waals surface area contributed by atoms with Gasteiger partial charge in [-0.1, -0.05) is 26.2 Å². The van der Waals surface area contributed by atoms with E-state index >= 15 is 0 Å². The highest BCUT2D eigenvalue weighted by molar-refractivity contribution is 7.99. The second kappa shape index (κ2) is 8.35. The fourth-order valence-corrected chi connectivity index (χ4v) is 3.19. The molecule has 0 unspecified atom stereocenters. The Hall–Kier alpha value is 0.150. The number of aliphatic hydroxyl groups is 3. The van der Waals surface area contributed by atoms with Crippen molar-refractivity contribution in [1.82, 2.24) is 0 Å². The second-order valence-corrected chi connectivity index (χ2v) is 5.92. The molecular formula is C12H25NO4S. The Labute approximate surface area is 113 Å². The molecule has 0 aromatic heterocycles. The molecule has 6 heteroatoms. The maximum atomic E-state index is 9.78. The number of hydrogen-bond donors (Lipinski definition) is 4. The summed E-state index contributed by atoms with van der Waals surface area (Å²) >= 11 is 1.55. The van der Waals surface area contributed by atoms with Gasteiger partial charge in [-0.2, -0.15) is 0 Å². The van der Waals surface area contributed by atoms with E-state index in [2.05, 4.69) is 6.92 Å².